The maximum Gasteiger partial charge on any atom is 0.271 e. The zero-order valence-electron chi connectivity index (χ0n) is 16.0. The summed E-state index contributed by atoms with van der Waals surface area (Å²) in [4.78, 5) is 31.0. The molecule has 0 saturated carbocycles. The Morgan fingerprint density at radius 2 is 1.69 bits per heavy atom. The molecule has 0 bridgehead atoms. The molecule has 6 heteroatoms. The van der Waals surface area contributed by atoms with E-state index in [1.165, 1.54) is 33.1 Å². The molecular weight excluding hydrogens is 382 g/mol. The van der Waals surface area contributed by atoms with Crippen molar-refractivity contribution in [3.8, 4) is 0 Å². The van der Waals surface area contributed by atoms with Gasteiger partial charge in [-0.1, -0.05) is 60.7 Å². The highest BCUT2D eigenvalue weighted by atomic mass is 32.1. The lowest BCUT2D eigenvalue weighted by Crippen LogP contribution is -2.32. The minimum Gasteiger partial charge on any atom is -0.352 e. The van der Waals surface area contributed by atoms with E-state index in [4.69, 9.17) is 0 Å². The van der Waals surface area contributed by atoms with E-state index in [1.54, 1.807) is 6.20 Å². The Bertz CT molecular complexity index is 1140. The number of hydrogen-bond donors (Lipinski definition) is 1. The minimum absolute atomic E-state index is 0.0660. The van der Waals surface area contributed by atoms with Crippen molar-refractivity contribution in [1.29, 1.82) is 0 Å². The van der Waals surface area contributed by atoms with Crippen LogP contribution in [0, 0.1) is 6.92 Å². The van der Waals surface area contributed by atoms with E-state index in [0.29, 0.717) is 11.5 Å². The Kier molecular flexibility index (Phi) is 5.53. The van der Waals surface area contributed by atoms with Gasteiger partial charge in [-0.05, 0) is 24.5 Å². The van der Waals surface area contributed by atoms with Crippen LogP contribution in [0.25, 0.3) is 4.96 Å². The van der Waals surface area contributed by atoms with Crippen molar-refractivity contribution < 1.29 is 4.79 Å². The number of nitrogens with one attached hydrogen (secondary N) is 1. The largest absolute Gasteiger partial charge is 0.352 e. The highest BCUT2D eigenvalue weighted by Crippen LogP contribution is 2.27. The predicted octanol–water partition coefficient (Wildman–Crippen LogP) is 4.02. The van der Waals surface area contributed by atoms with E-state index in [9.17, 15) is 9.59 Å². The van der Waals surface area contributed by atoms with E-state index in [-0.39, 0.29) is 22.9 Å². The van der Waals surface area contributed by atoms with Crippen molar-refractivity contribution in [2.45, 2.75) is 19.3 Å². The van der Waals surface area contributed by atoms with E-state index >= 15 is 0 Å². The van der Waals surface area contributed by atoms with Crippen LogP contribution in [0.4, 0.5) is 0 Å². The molecule has 0 radical (unpaired) electrons. The van der Waals surface area contributed by atoms with Crippen molar-refractivity contribution >= 4 is 22.2 Å². The third kappa shape index (κ3) is 4.12. The average Bonchev–Trinajstić information content (AvgIpc) is 3.14. The van der Waals surface area contributed by atoms with Gasteiger partial charge >= 0.3 is 0 Å². The van der Waals surface area contributed by atoms with Crippen LogP contribution >= 0.6 is 11.3 Å². The number of fused-ring (bicyclic) bond motifs is 1. The van der Waals surface area contributed by atoms with Gasteiger partial charge < -0.3 is 5.32 Å². The average molecular weight is 404 g/mol. The lowest BCUT2D eigenvalue weighted by Gasteiger charge is -2.18. The van der Waals surface area contributed by atoms with Gasteiger partial charge in [-0.15, -0.1) is 11.3 Å². The summed E-state index contributed by atoms with van der Waals surface area (Å²) < 4.78 is 1.44. The first-order chi connectivity index (χ1) is 14.1. The molecule has 0 atom stereocenters. The molecule has 29 heavy (non-hydrogen) atoms. The van der Waals surface area contributed by atoms with Crippen LogP contribution < -0.4 is 10.9 Å². The van der Waals surface area contributed by atoms with E-state index in [1.807, 2.05) is 43.3 Å². The number of carbonyl (C=O) groups is 1. The molecule has 4 rings (SSSR count). The van der Waals surface area contributed by atoms with Gasteiger partial charge in [-0.2, -0.15) is 0 Å². The molecule has 0 aliphatic rings. The molecule has 1 amide bonds. The summed E-state index contributed by atoms with van der Waals surface area (Å²) >= 11 is 1.42. The first kappa shape index (κ1) is 19.1. The second-order valence-corrected chi connectivity index (χ2v) is 8.10. The van der Waals surface area contributed by atoms with Gasteiger partial charge in [0, 0.05) is 29.7 Å². The normalized spacial score (nSPS) is 11.1. The molecule has 0 aliphatic heterocycles. The Labute approximate surface area is 172 Å². The summed E-state index contributed by atoms with van der Waals surface area (Å²) in [5, 5.41) is 2.89. The van der Waals surface area contributed by atoms with Crippen LogP contribution in [-0.2, 0) is 0 Å². The first-order valence-electron chi connectivity index (χ1n) is 9.49. The summed E-state index contributed by atoms with van der Waals surface area (Å²) in [7, 11) is 0. The lowest BCUT2D eigenvalue weighted by molar-refractivity contribution is 0.0950. The molecule has 4 aromatic rings. The van der Waals surface area contributed by atoms with Crippen LogP contribution in [-0.4, -0.2) is 21.8 Å². The third-order valence-electron chi connectivity index (χ3n) is 4.89. The van der Waals surface area contributed by atoms with E-state index < -0.39 is 0 Å². The highest BCUT2D eigenvalue weighted by molar-refractivity contribution is 7.16. The number of benzene rings is 2. The van der Waals surface area contributed by atoms with Crippen molar-refractivity contribution in [2.24, 2.45) is 0 Å². The third-order valence-corrected chi connectivity index (χ3v) is 5.80. The van der Waals surface area contributed by atoms with Crippen LogP contribution in [0.2, 0.25) is 0 Å². The summed E-state index contributed by atoms with van der Waals surface area (Å²) in [6.45, 7) is 2.37. The maximum atomic E-state index is 12.6. The SMILES string of the molecule is Cc1cn2c(=O)c(C(=O)NCCC(c3ccccc3)c3ccccc3)cnc2s1. The summed E-state index contributed by atoms with van der Waals surface area (Å²) in [5.41, 5.74) is 2.13. The first-order valence-corrected chi connectivity index (χ1v) is 10.3. The van der Waals surface area contributed by atoms with Gasteiger partial charge in [0.2, 0.25) is 0 Å². The number of aromatic nitrogens is 2. The Morgan fingerprint density at radius 1 is 1.07 bits per heavy atom. The monoisotopic (exact) mass is 403 g/mol. The highest BCUT2D eigenvalue weighted by Gasteiger charge is 2.17. The zero-order valence-corrected chi connectivity index (χ0v) is 16.9. The number of rotatable bonds is 6. The Balaban J connectivity index is 1.50. The smallest absolute Gasteiger partial charge is 0.271 e. The van der Waals surface area contributed by atoms with Crippen molar-refractivity contribution in [1.82, 2.24) is 14.7 Å². The van der Waals surface area contributed by atoms with Crippen molar-refractivity contribution in [2.75, 3.05) is 6.54 Å². The topological polar surface area (TPSA) is 63.5 Å². The van der Waals surface area contributed by atoms with Crippen LogP contribution in [0.5, 0.6) is 0 Å². The van der Waals surface area contributed by atoms with Crippen molar-refractivity contribution in [3.05, 3.63) is 105 Å². The summed E-state index contributed by atoms with van der Waals surface area (Å²) in [5.74, 6) is -0.223. The number of aryl methyl sites for hydroxylation is 1. The number of amides is 1. The molecular formula is C23H21N3O2S. The number of thiazole rings is 1. The van der Waals surface area contributed by atoms with Crippen LogP contribution in [0.1, 0.15) is 38.7 Å². The number of nitrogens with zero attached hydrogens (tertiary/aromatic N) is 2. The molecule has 0 saturated heterocycles. The second kappa shape index (κ2) is 8.41. The van der Waals surface area contributed by atoms with Gasteiger partial charge in [-0.3, -0.25) is 14.0 Å². The van der Waals surface area contributed by atoms with E-state index in [2.05, 4.69) is 34.6 Å². The van der Waals surface area contributed by atoms with Gasteiger partial charge in [0.1, 0.15) is 5.56 Å². The molecule has 0 fully saturated rings. The summed E-state index contributed by atoms with van der Waals surface area (Å²) in [6, 6.07) is 20.5. The summed E-state index contributed by atoms with van der Waals surface area (Å²) in [6.07, 6.45) is 3.82. The fourth-order valence-corrected chi connectivity index (χ4v) is 4.26. The molecule has 0 spiro atoms. The number of carbonyl (C=O) groups excluding carboxylic acids is 1. The molecule has 2 aromatic heterocycles. The fourth-order valence-electron chi connectivity index (χ4n) is 3.47. The molecule has 2 heterocycles. The molecule has 0 unspecified atom stereocenters. The molecule has 5 nitrogen and oxygen atoms in total. The quantitative estimate of drug-likeness (QED) is 0.529. The van der Waals surface area contributed by atoms with E-state index in [0.717, 1.165) is 11.3 Å². The lowest BCUT2D eigenvalue weighted by atomic mass is 9.88. The van der Waals surface area contributed by atoms with Crippen molar-refractivity contribution in [3.63, 3.8) is 0 Å². The van der Waals surface area contributed by atoms with Crippen LogP contribution in [0.3, 0.4) is 0 Å². The number of hydrogen-bond acceptors (Lipinski definition) is 4. The fraction of sp³-hybridized carbons (Fsp3) is 0.174. The van der Waals surface area contributed by atoms with Gasteiger partial charge in [0.15, 0.2) is 4.96 Å². The maximum absolute atomic E-state index is 12.6. The Morgan fingerprint density at radius 3 is 2.31 bits per heavy atom. The van der Waals surface area contributed by atoms with Gasteiger partial charge in [0.05, 0.1) is 0 Å². The zero-order chi connectivity index (χ0) is 20.2. The Hall–Kier alpha value is -3.25. The molecule has 1 N–H and O–H groups in total. The predicted molar refractivity (Wildman–Crippen MR) is 116 cm³/mol. The molecule has 146 valence electrons. The van der Waals surface area contributed by atoms with Gasteiger partial charge in [0.25, 0.3) is 11.5 Å². The molecule has 0 aliphatic carbocycles. The second-order valence-electron chi connectivity index (χ2n) is 6.89. The van der Waals surface area contributed by atoms with Crippen LogP contribution in [0.15, 0.2) is 77.9 Å². The van der Waals surface area contributed by atoms with Gasteiger partial charge in [-0.25, -0.2) is 4.98 Å². The standard InChI is InChI=1S/C23H21N3O2S/c1-16-15-26-22(28)20(14-25-23(26)29-16)21(27)24-13-12-19(17-8-4-2-5-9-17)18-10-6-3-7-11-18/h2-11,14-15,19H,12-13H2,1H3,(H,24,27). The molecule has 2 aromatic carbocycles. The minimum atomic E-state index is -0.388.